The Balaban J connectivity index is 2.04. The molecule has 0 heterocycles. The second-order valence-corrected chi connectivity index (χ2v) is 4.64. The third kappa shape index (κ3) is 3.19. The van der Waals surface area contributed by atoms with Gasteiger partial charge < -0.3 is 5.73 Å². The number of nitrogens with two attached hydrogens (primary N) is 1. The van der Waals surface area contributed by atoms with Crippen molar-refractivity contribution in [1.29, 1.82) is 0 Å². The van der Waals surface area contributed by atoms with Gasteiger partial charge in [0.1, 0.15) is 0 Å². The zero-order valence-corrected chi connectivity index (χ0v) is 10.1. The molecule has 1 aromatic rings. The van der Waals surface area contributed by atoms with E-state index in [0.717, 1.165) is 37.7 Å². The van der Waals surface area contributed by atoms with E-state index in [1.807, 2.05) is 6.07 Å². The van der Waals surface area contributed by atoms with Crippen LogP contribution in [-0.4, -0.2) is 5.91 Å². The smallest absolute Gasteiger partial charge is 0.244 e. The largest absolute Gasteiger partial charge is 0.366 e. The van der Waals surface area contributed by atoms with Crippen LogP contribution in [0.25, 0.3) is 0 Å². The van der Waals surface area contributed by atoms with E-state index in [1.165, 1.54) is 17.6 Å². The number of aryl methyl sites for hydroxylation is 1. The molecule has 0 bridgehead atoms. The zero-order valence-electron chi connectivity index (χ0n) is 10.1. The Morgan fingerprint density at radius 1 is 1.06 bits per heavy atom. The van der Waals surface area contributed by atoms with Gasteiger partial charge in [-0.1, -0.05) is 35.9 Å². The number of benzene rings is 1. The van der Waals surface area contributed by atoms with Crippen molar-refractivity contribution in [1.82, 2.24) is 0 Å². The monoisotopic (exact) mass is 229 g/mol. The minimum atomic E-state index is -0.215. The molecule has 0 unspecified atom stereocenters. The summed E-state index contributed by atoms with van der Waals surface area (Å²) in [6.45, 7) is 0. The Kier molecular flexibility index (Phi) is 3.97. The van der Waals surface area contributed by atoms with Crippen molar-refractivity contribution in [2.24, 2.45) is 5.73 Å². The first kappa shape index (κ1) is 11.9. The van der Waals surface area contributed by atoms with Gasteiger partial charge in [0.25, 0.3) is 0 Å². The molecule has 0 aromatic heterocycles. The molecule has 0 fully saturated rings. The number of rotatable bonds is 4. The van der Waals surface area contributed by atoms with Gasteiger partial charge in [0, 0.05) is 5.57 Å². The summed E-state index contributed by atoms with van der Waals surface area (Å²) in [4.78, 5) is 11.3. The number of carbonyl (C=O) groups excluding carboxylic acids is 1. The second kappa shape index (κ2) is 5.67. The van der Waals surface area contributed by atoms with Crippen molar-refractivity contribution in [2.75, 3.05) is 0 Å². The second-order valence-electron chi connectivity index (χ2n) is 4.64. The average Bonchev–Trinajstić information content (AvgIpc) is 2.38. The van der Waals surface area contributed by atoms with Crippen molar-refractivity contribution in [2.45, 2.75) is 38.5 Å². The number of primary amides is 1. The molecular weight excluding hydrogens is 210 g/mol. The van der Waals surface area contributed by atoms with Gasteiger partial charge >= 0.3 is 0 Å². The molecule has 0 saturated carbocycles. The van der Waals surface area contributed by atoms with Crippen LogP contribution in [0.5, 0.6) is 0 Å². The highest BCUT2D eigenvalue weighted by Crippen LogP contribution is 2.27. The number of allylic oxidation sites excluding steroid dienone is 1. The lowest BCUT2D eigenvalue weighted by Gasteiger charge is -2.18. The lowest BCUT2D eigenvalue weighted by molar-refractivity contribution is -0.114. The molecule has 1 aromatic carbocycles. The number of hydrogen-bond donors (Lipinski definition) is 1. The molecule has 17 heavy (non-hydrogen) atoms. The Labute approximate surface area is 103 Å². The molecule has 2 heteroatoms. The fourth-order valence-corrected chi connectivity index (χ4v) is 2.48. The van der Waals surface area contributed by atoms with Crippen LogP contribution in [0.3, 0.4) is 0 Å². The summed E-state index contributed by atoms with van der Waals surface area (Å²) < 4.78 is 0. The first-order valence-corrected chi connectivity index (χ1v) is 6.32. The molecule has 2 N–H and O–H groups in total. The summed E-state index contributed by atoms with van der Waals surface area (Å²) in [6, 6.07) is 10.4. The Hall–Kier alpha value is -1.57. The van der Waals surface area contributed by atoms with Crippen LogP contribution in [0.1, 0.15) is 37.7 Å². The van der Waals surface area contributed by atoms with Gasteiger partial charge in [0.05, 0.1) is 0 Å². The van der Waals surface area contributed by atoms with Crippen LogP contribution in [0, 0.1) is 0 Å². The molecule has 0 saturated heterocycles. The summed E-state index contributed by atoms with van der Waals surface area (Å²) in [5, 5.41) is 0. The molecule has 0 radical (unpaired) electrons. The normalized spacial score (nSPS) is 16.0. The average molecular weight is 229 g/mol. The fourth-order valence-electron chi connectivity index (χ4n) is 2.48. The lowest BCUT2D eigenvalue weighted by atomic mass is 9.88. The van der Waals surface area contributed by atoms with Crippen LogP contribution in [-0.2, 0) is 11.2 Å². The van der Waals surface area contributed by atoms with E-state index >= 15 is 0 Å². The summed E-state index contributed by atoms with van der Waals surface area (Å²) in [7, 11) is 0. The van der Waals surface area contributed by atoms with Crippen LogP contribution in [0.15, 0.2) is 41.5 Å². The molecule has 1 aliphatic carbocycles. The summed E-state index contributed by atoms with van der Waals surface area (Å²) in [6.07, 6.45) is 6.20. The number of amides is 1. The van der Waals surface area contributed by atoms with Crippen molar-refractivity contribution >= 4 is 5.91 Å². The number of hydrogen-bond acceptors (Lipinski definition) is 1. The van der Waals surface area contributed by atoms with Gasteiger partial charge in [-0.15, -0.1) is 0 Å². The van der Waals surface area contributed by atoms with Gasteiger partial charge in [-0.05, 0) is 44.1 Å². The summed E-state index contributed by atoms with van der Waals surface area (Å²) >= 11 is 0. The highest BCUT2D eigenvalue weighted by atomic mass is 16.1. The van der Waals surface area contributed by atoms with Gasteiger partial charge in [0.15, 0.2) is 0 Å². The third-order valence-electron chi connectivity index (χ3n) is 3.44. The molecule has 90 valence electrons. The standard InChI is InChI=1S/C15H19NO/c16-15(17)14-9-5-4-8-13(14)11-10-12-6-2-1-3-7-12/h1-3,6-7H,4-5,8-11H2,(H2,16,17). The first-order chi connectivity index (χ1) is 8.27. The van der Waals surface area contributed by atoms with Gasteiger partial charge in [0.2, 0.25) is 5.91 Å². The minimum Gasteiger partial charge on any atom is -0.366 e. The summed E-state index contributed by atoms with van der Waals surface area (Å²) in [5.41, 5.74) is 8.94. The predicted molar refractivity (Wildman–Crippen MR) is 69.5 cm³/mol. The lowest BCUT2D eigenvalue weighted by Crippen LogP contribution is -2.18. The molecule has 2 nitrogen and oxygen atoms in total. The van der Waals surface area contributed by atoms with Crippen molar-refractivity contribution < 1.29 is 4.79 Å². The number of carbonyl (C=O) groups is 1. The molecule has 0 spiro atoms. The van der Waals surface area contributed by atoms with Crippen molar-refractivity contribution in [3.8, 4) is 0 Å². The minimum absolute atomic E-state index is 0.215. The maximum absolute atomic E-state index is 11.3. The van der Waals surface area contributed by atoms with Gasteiger partial charge in [-0.25, -0.2) is 0 Å². The Morgan fingerprint density at radius 3 is 2.47 bits per heavy atom. The highest BCUT2D eigenvalue weighted by Gasteiger charge is 2.16. The Morgan fingerprint density at radius 2 is 1.76 bits per heavy atom. The van der Waals surface area contributed by atoms with Crippen LogP contribution >= 0.6 is 0 Å². The van der Waals surface area contributed by atoms with E-state index in [-0.39, 0.29) is 5.91 Å². The molecule has 0 atom stereocenters. The highest BCUT2D eigenvalue weighted by molar-refractivity contribution is 5.92. The Bertz CT molecular complexity index is 420. The van der Waals surface area contributed by atoms with E-state index in [1.54, 1.807) is 0 Å². The molecule has 1 aliphatic rings. The van der Waals surface area contributed by atoms with Crippen LogP contribution in [0.4, 0.5) is 0 Å². The SMILES string of the molecule is NC(=O)C1=C(CCc2ccccc2)CCCC1. The molecule has 0 aliphatic heterocycles. The van der Waals surface area contributed by atoms with Crippen molar-refractivity contribution in [3.05, 3.63) is 47.0 Å². The van der Waals surface area contributed by atoms with Crippen LogP contribution in [0.2, 0.25) is 0 Å². The van der Waals surface area contributed by atoms with E-state index in [2.05, 4.69) is 24.3 Å². The maximum atomic E-state index is 11.3. The predicted octanol–water partition coefficient (Wildman–Crippen LogP) is 2.98. The topological polar surface area (TPSA) is 43.1 Å². The van der Waals surface area contributed by atoms with Gasteiger partial charge in [-0.3, -0.25) is 4.79 Å². The van der Waals surface area contributed by atoms with E-state index in [4.69, 9.17) is 5.73 Å². The molecular formula is C15H19NO. The third-order valence-corrected chi connectivity index (χ3v) is 3.44. The molecule has 2 rings (SSSR count). The van der Waals surface area contributed by atoms with Crippen molar-refractivity contribution in [3.63, 3.8) is 0 Å². The fraction of sp³-hybridized carbons (Fsp3) is 0.400. The molecule has 1 amide bonds. The summed E-state index contributed by atoms with van der Waals surface area (Å²) in [5.74, 6) is -0.215. The van der Waals surface area contributed by atoms with Gasteiger partial charge in [-0.2, -0.15) is 0 Å². The van der Waals surface area contributed by atoms with Crippen LogP contribution < -0.4 is 5.73 Å². The van der Waals surface area contributed by atoms with E-state index in [0.29, 0.717) is 0 Å². The van der Waals surface area contributed by atoms with E-state index < -0.39 is 0 Å². The quantitative estimate of drug-likeness (QED) is 0.847. The van der Waals surface area contributed by atoms with E-state index in [9.17, 15) is 4.79 Å². The zero-order chi connectivity index (χ0) is 12.1. The maximum Gasteiger partial charge on any atom is 0.244 e. The first-order valence-electron chi connectivity index (χ1n) is 6.32.